The van der Waals surface area contributed by atoms with Crippen molar-refractivity contribution in [3.63, 3.8) is 0 Å². The fourth-order valence-electron chi connectivity index (χ4n) is 5.09. The maximum atomic E-state index is 12.6. The minimum absolute atomic E-state index is 0.0123. The third kappa shape index (κ3) is 40.8. The fourth-order valence-corrected chi connectivity index (χ4v) is 5.83. The summed E-state index contributed by atoms with van der Waals surface area (Å²) in [4.78, 5) is 35.3. The fraction of sp³-hybridized carbons (Fsp3) is 0.652. The number of likely N-dealkylation sites (N-methyl/N-ethyl adjacent to an activating group) is 1. The Labute approximate surface area is 341 Å². The highest BCUT2D eigenvalue weighted by molar-refractivity contribution is 7.47. The highest BCUT2D eigenvalue weighted by atomic mass is 31.2. The SMILES string of the molecule is CC/C=C/C/C=C/C/C=C/C/C=C/C/C=C/CCCCCC(=O)OCC(COP(=O)(O)OCC[N+](C)(C)C)OC(=O)CC/C=C/C/C=C/CCCCCCCC. The van der Waals surface area contributed by atoms with Crippen molar-refractivity contribution in [1.29, 1.82) is 0 Å². The molecule has 0 rings (SSSR count). The van der Waals surface area contributed by atoms with Gasteiger partial charge in [0.1, 0.15) is 19.8 Å². The normalized spacial score (nSPS) is 14.5. The molecule has 10 heteroatoms. The molecular formula is C46H79NO8P+. The van der Waals surface area contributed by atoms with Crippen LogP contribution < -0.4 is 0 Å². The van der Waals surface area contributed by atoms with E-state index in [1.54, 1.807) is 0 Å². The number of nitrogens with zero attached hydrogens (tertiary/aromatic N) is 1. The number of quaternary nitrogens is 1. The number of carbonyl (C=O) groups excluding carboxylic acids is 2. The quantitative estimate of drug-likeness (QED) is 0.0217. The van der Waals surface area contributed by atoms with Gasteiger partial charge >= 0.3 is 19.8 Å². The van der Waals surface area contributed by atoms with Crippen molar-refractivity contribution in [1.82, 2.24) is 0 Å². The molecule has 0 heterocycles. The van der Waals surface area contributed by atoms with Gasteiger partial charge in [0.25, 0.3) is 0 Å². The summed E-state index contributed by atoms with van der Waals surface area (Å²) in [5.41, 5.74) is 0. The lowest BCUT2D eigenvalue weighted by atomic mass is 10.1. The van der Waals surface area contributed by atoms with Gasteiger partial charge in [-0.15, -0.1) is 0 Å². The van der Waals surface area contributed by atoms with Crippen molar-refractivity contribution < 1.29 is 42.1 Å². The van der Waals surface area contributed by atoms with E-state index in [4.69, 9.17) is 18.5 Å². The van der Waals surface area contributed by atoms with Gasteiger partial charge in [0.2, 0.25) is 0 Å². The van der Waals surface area contributed by atoms with Crippen LogP contribution in [0.25, 0.3) is 0 Å². The molecule has 0 aromatic heterocycles. The van der Waals surface area contributed by atoms with Gasteiger partial charge in [-0.3, -0.25) is 18.6 Å². The van der Waals surface area contributed by atoms with Crippen LogP contribution in [0.2, 0.25) is 0 Å². The summed E-state index contributed by atoms with van der Waals surface area (Å²) in [5.74, 6) is -0.925. The molecule has 56 heavy (non-hydrogen) atoms. The first-order valence-electron chi connectivity index (χ1n) is 21.3. The van der Waals surface area contributed by atoms with Crippen molar-refractivity contribution in [3.8, 4) is 0 Å². The Morgan fingerprint density at radius 2 is 1.05 bits per heavy atom. The van der Waals surface area contributed by atoms with Crippen molar-refractivity contribution in [3.05, 3.63) is 85.1 Å². The van der Waals surface area contributed by atoms with E-state index in [1.165, 1.54) is 38.5 Å². The zero-order valence-corrected chi connectivity index (χ0v) is 36.7. The topological polar surface area (TPSA) is 108 Å². The molecule has 0 amide bonds. The molecular weight excluding hydrogens is 725 g/mol. The van der Waals surface area contributed by atoms with Crippen molar-refractivity contribution >= 4 is 19.8 Å². The highest BCUT2D eigenvalue weighted by Crippen LogP contribution is 2.43. The Hall–Kier alpha value is -2.81. The zero-order chi connectivity index (χ0) is 41.4. The van der Waals surface area contributed by atoms with Crippen LogP contribution in [0.1, 0.15) is 142 Å². The predicted octanol–water partition coefficient (Wildman–Crippen LogP) is 12.0. The summed E-state index contributed by atoms with van der Waals surface area (Å²) in [6, 6.07) is 0. The van der Waals surface area contributed by atoms with Gasteiger partial charge in [0, 0.05) is 12.8 Å². The van der Waals surface area contributed by atoms with E-state index in [2.05, 4.69) is 86.8 Å². The number of ether oxygens (including phenoxy) is 2. The number of hydrogen-bond donors (Lipinski definition) is 1. The second-order valence-corrected chi connectivity index (χ2v) is 16.4. The van der Waals surface area contributed by atoms with Crippen molar-refractivity contribution in [2.75, 3.05) is 47.5 Å². The molecule has 0 spiro atoms. The maximum absolute atomic E-state index is 12.6. The maximum Gasteiger partial charge on any atom is 0.472 e. The molecule has 9 nitrogen and oxygen atoms in total. The second-order valence-electron chi connectivity index (χ2n) is 15.0. The monoisotopic (exact) mass is 805 g/mol. The molecule has 1 N–H and O–H groups in total. The number of unbranched alkanes of at least 4 members (excludes halogenated alkanes) is 9. The molecule has 0 bridgehead atoms. The average Bonchev–Trinajstić information content (AvgIpc) is 3.15. The van der Waals surface area contributed by atoms with Gasteiger partial charge in [-0.1, -0.05) is 137 Å². The van der Waals surface area contributed by atoms with Crippen LogP contribution in [-0.2, 0) is 32.7 Å². The van der Waals surface area contributed by atoms with E-state index in [0.717, 1.165) is 64.2 Å². The number of rotatable bonds is 37. The van der Waals surface area contributed by atoms with Gasteiger partial charge in [-0.25, -0.2) is 4.57 Å². The molecule has 0 aliphatic heterocycles. The van der Waals surface area contributed by atoms with Crippen LogP contribution in [0.15, 0.2) is 85.1 Å². The van der Waals surface area contributed by atoms with Crippen molar-refractivity contribution in [2.24, 2.45) is 0 Å². The zero-order valence-electron chi connectivity index (χ0n) is 35.8. The number of allylic oxidation sites excluding steroid dienone is 14. The van der Waals surface area contributed by atoms with Gasteiger partial charge in [0.15, 0.2) is 6.10 Å². The minimum atomic E-state index is -4.40. The van der Waals surface area contributed by atoms with Crippen LogP contribution in [0.5, 0.6) is 0 Å². The van der Waals surface area contributed by atoms with Crippen LogP contribution in [0.3, 0.4) is 0 Å². The highest BCUT2D eigenvalue weighted by Gasteiger charge is 2.27. The van der Waals surface area contributed by atoms with Crippen molar-refractivity contribution in [2.45, 2.75) is 148 Å². The summed E-state index contributed by atoms with van der Waals surface area (Å²) < 4.78 is 34.1. The Balaban J connectivity index is 4.51. The smallest absolute Gasteiger partial charge is 0.462 e. The van der Waals surface area contributed by atoms with E-state index in [0.29, 0.717) is 23.9 Å². The largest absolute Gasteiger partial charge is 0.472 e. The molecule has 0 aliphatic rings. The van der Waals surface area contributed by atoms with Crippen LogP contribution >= 0.6 is 7.82 Å². The van der Waals surface area contributed by atoms with E-state index >= 15 is 0 Å². The summed E-state index contributed by atoms with van der Waals surface area (Å²) in [7, 11) is 1.41. The Morgan fingerprint density at radius 1 is 0.571 bits per heavy atom. The van der Waals surface area contributed by atoms with Crippen LogP contribution in [0.4, 0.5) is 0 Å². The molecule has 0 fully saturated rings. The first-order chi connectivity index (χ1) is 27.0. The first-order valence-corrected chi connectivity index (χ1v) is 22.8. The third-order valence-corrected chi connectivity index (χ3v) is 9.41. The summed E-state index contributed by atoms with van der Waals surface area (Å²) >= 11 is 0. The predicted molar refractivity (Wildman–Crippen MR) is 233 cm³/mol. The molecule has 320 valence electrons. The second kappa shape index (κ2) is 37.7. The lowest BCUT2D eigenvalue weighted by molar-refractivity contribution is -0.870. The molecule has 0 radical (unpaired) electrons. The summed E-state index contributed by atoms with van der Waals surface area (Å²) in [6.45, 7) is 4.16. The van der Waals surface area contributed by atoms with E-state index in [1.807, 2.05) is 33.3 Å². The van der Waals surface area contributed by atoms with E-state index < -0.39 is 32.5 Å². The van der Waals surface area contributed by atoms with Gasteiger partial charge in [-0.05, 0) is 77.0 Å². The lowest BCUT2D eigenvalue weighted by Crippen LogP contribution is -2.37. The first kappa shape index (κ1) is 53.2. The molecule has 0 aromatic rings. The molecule has 0 aliphatic carbocycles. The van der Waals surface area contributed by atoms with Gasteiger partial charge in [0.05, 0.1) is 27.7 Å². The third-order valence-electron chi connectivity index (χ3n) is 8.42. The number of esters is 2. The van der Waals surface area contributed by atoms with Crippen LogP contribution in [-0.4, -0.2) is 74.9 Å². The number of phosphoric ester groups is 1. The molecule has 2 atom stereocenters. The molecule has 0 aromatic carbocycles. The van der Waals surface area contributed by atoms with E-state index in [9.17, 15) is 19.0 Å². The number of carbonyl (C=O) groups is 2. The Bertz CT molecular complexity index is 1230. The molecule has 0 saturated heterocycles. The molecule has 0 saturated carbocycles. The number of phosphoric acid groups is 1. The van der Waals surface area contributed by atoms with Crippen LogP contribution in [0, 0.1) is 0 Å². The van der Waals surface area contributed by atoms with Gasteiger partial charge in [-0.2, -0.15) is 0 Å². The lowest BCUT2D eigenvalue weighted by Gasteiger charge is -2.24. The summed E-state index contributed by atoms with van der Waals surface area (Å²) in [5, 5.41) is 0. The average molecular weight is 805 g/mol. The summed E-state index contributed by atoms with van der Waals surface area (Å²) in [6.07, 6.45) is 47.9. The Morgan fingerprint density at radius 3 is 1.59 bits per heavy atom. The van der Waals surface area contributed by atoms with Gasteiger partial charge < -0.3 is 18.9 Å². The Kier molecular flexibility index (Phi) is 35.9. The van der Waals surface area contributed by atoms with E-state index in [-0.39, 0.29) is 26.1 Å². The molecule has 2 unspecified atom stereocenters. The standard InChI is InChI=1S/C46H78NO8P/c1-6-8-10-12-14-16-18-20-21-22-23-24-25-27-28-30-32-34-36-38-45(48)52-42-44(43-54-56(50,51)53-41-40-47(3,4)5)55-46(49)39-37-35-33-31-29-26-19-17-15-13-11-9-7-2/h8,10,14,16,20-21,23-24,26-29,33,35,44H,6-7,9,11-13,15,17-19,22,25,30-32,34,36-43H2,1-5H3/p+1/b10-8+,16-14+,21-20+,24-23+,28-27+,29-26+,35-33+. The number of hydrogen-bond acceptors (Lipinski definition) is 7. The minimum Gasteiger partial charge on any atom is -0.462 e.